The number of hydroxylamine groups is 2. The van der Waals surface area contributed by atoms with E-state index >= 15 is 0 Å². The number of non-ortho nitro benzene ring substituents is 1. The lowest BCUT2D eigenvalue weighted by molar-refractivity contribution is -0.385. The molecule has 1 aromatic rings. The lowest BCUT2D eigenvalue weighted by atomic mass is 10.3. The topological polar surface area (TPSA) is 93.0 Å². The number of alkyl halides is 3. The zero-order chi connectivity index (χ0) is 23.4. The summed E-state index contributed by atoms with van der Waals surface area (Å²) in [4.78, 5) is 37.7. The molecule has 12 heteroatoms. The third-order valence-corrected chi connectivity index (χ3v) is 2.54. The molecule has 0 atom stereocenters. The van der Waals surface area contributed by atoms with Crippen molar-refractivity contribution < 1.29 is 36.9 Å². The molecule has 0 aliphatic carbocycles. The molecule has 0 bridgehead atoms. The zero-order valence-electron chi connectivity index (χ0n) is 16.4. The van der Waals surface area contributed by atoms with E-state index in [1.54, 1.807) is 0 Å². The van der Waals surface area contributed by atoms with Gasteiger partial charge in [0, 0.05) is 13.1 Å². The molecule has 0 saturated carbocycles. The Kier molecular flexibility index (Phi) is 12.4. The van der Waals surface area contributed by atoms with Crippen molar-refractivity contribution in [2.75, 3.05) is 13.6 Å². The van der Waals surface area contributed by atoms with Crippen molar-refractivity contribution >= 4 is 17.6 Å². The molecule has 0 aromatic heterocycles. The number of urea groups is 1. The number of benzene rings is 1. The first-order valence-corrected chi connectivity index (χ1v) is 8.20. The number of nitro groups is 1. The second-order valence-electron chi connectivity index (χ2n) is 4.46. The van der Waals surface area contributed by atoms with Crippen LogP contribution >= 0.6 is 0 Å². The Balaban J connectivity index is 0. The Morgan fingerprint density at radius 1 is 1.24 bits per heavy atom. The van der Waals surface area contributed by atoms with Gasteiger partial charge in [0.1, 0.15) is 6.54 Å². The highest BCUT2D eigenvalue weighted by molar-refractivity contribution is 6.02. The number of carbonyl (C=O) groups excluding carboxylic acids is 2. The molecule has 0 spiro atoms. The minimum atomic E-state index is -4.77. The monoisotopic (exact) mass is 423 g/mol. The lowest BCUT2D eigenvalue weighted by Crippen LogP contribution is -2.48. The first kappa shape index (κ1) is 27.9. The minimum absolute atomic E-state index is 0.0680. The molecule has 0 aliphatic rings. The summed E-state index contributed by atoms with van der Waals surface area (Å²) in [6.45, 7) is 6.27. The van der Waals surface area contributed by atoms with E-state index in [1.807, 2.05) is 27.7 Å². The van der Waals surface area contributed by atoms with Crippen molar-refractivity contribution in [3.8, 4) is 18.1 Å². The highest BCUT2D eigenvalue weighted by Crippen LogP contribution is 2.24. The van der Waals surface area contributed by atoms with E-state index in [0.29, 0.717) is 19.2 Å². The molecule has 8 nitrogen and oxygen atoms in total. The normalized spacial score (nSPS) is 9.52. The lowest BCUT2D eigenvalue weighted by Gasteiger charge is -2.25. The molecule has 162 valence electrons. The summed E-state index contributed by atoms with van der Waals surface area (Å²) in [7, 11) is 0.710. The Labute approximate surface area is 165 Å². The number of terminal acetylenes is 1. The Hall–Kier alpha value is -3.36. The number of rotatable bonds is 4. The average molecular weight is 423 g/mol. The number of amides is 3. The van der Waals surface area contributed by atoms with Gasteiger partial charge in [-0.05, 0) is 12.0 Å². The molecule has 0 heterocycles. The van der Waals surface area contributed by atoms with Crippen LogP contribution in [-0.4, -0.2) is 46.6 Å². The molecule has 0 N–H and O–H groups in total. The van der Waals surface area contributed by atoms with Gasteiger partial charge in [-0.25, -0.2) is 9.18 Å². The van der Waals surface area contributed by atoms with Gasteiger partial charge in [-0.15, -0.1) is 6.42 Å². The quantitative estimate of drug-likeness (QED) is 0.314. The number of nitrogens with zero attached hydrogens (tertiary/aromatic N) is 3. The van der Waals surface area contributed by atoms with Crippen LogP contribution in [0.15, 0.2) is 18.2 Å². The van der Waals surface area contributed by atoms with Crippen LogP contribution in [0.2, 0.25) is 0 Å². The van der Waals surface area contributed by atoms with Crippen molar-refractivity contribution in [3.05, 3.63) is 34.1 Å². The molecular weight excluding hydrogens is 402 g/mol. The van der Waals surface area contributed by atoms with Crippen LogP contribution in [0, 0.1) is 28.3 Å². The van der Waals surface area contributed by atoms with Gasteiger partial charge in [-0.3, -0.25) is 14.9 Å². The molecule has 0 saturated heterocycles. The van der Waals surface area contributed by atoms with E-state index in [1.165, 1.54) is 5.92 Å². The number of hydrogen-bond acceptors (Lipinski definition) is 5. The van der Waals surface area contributed by atoms with E-state index in [9.17, 15) is 37.3 Å². The van der Waals surface area contributed by atoms with Crippen LogP contribution < -0.4 is 4.84 Å². The van der Waals surface area contributed by atoms with Crippen LogP contribution in [0.4, 0.5) is 28.0 Å². The molecule has 0 fully saturated rings. The van der Waals surface area contributed by atoms with Gasteiger partial charge in [0.2, 0.25) is 0 Å². The van der Waals surface area contributed by atoms with E-state index in [0.717, 1.165) is 6.07 Å². The van der Waals surface area contributed by atoms with E-state index < -0.39 is 46.8 Å². The largest absolute Gasteiger partial charge is 0.406 e. The van der Waals surface area contributed by atoms with Crippen LogP contribution in [-0.2, 0) is 4.79 Å². The second kappa shape index (κ2) is 12.9. The van der Waals surface area contributed by atoms with Crippen molar-refractivity contribution in [3.63, 3.8) is 0 Å². The van der Waals surface area contributed by atoms with Crippen molar-refractivity contribution in [2.45, 2.75) is 33.9 Å². The van der Waals surface area contributed by atoms with E-state index in [-0.39, 0.29) is 9.96 Å². The van der Waals surface area contributed by atoms with Crippen LogP contribution in [0.25, 0.3) is 0 Å². The number of nitro benzene ring substituents is 1. The number of hydrogen-bond donors (Lipinski definition) is 0. The predicted octanol–water partition coefficient (Wildman–Crippen LogP) is 4.16. The number of carbonyl (C=O) groups is 2. The van der Waals surface area contributed by atoms with Crippen LogP contribution in [0.1, 0.15) is 27.7 Å². The summed E-state index contributed by atoms with van der Waals surface area (Å²) >= 11 is 0. The van der Waals surface area contributed by atoms with Gasteiger partial charge in [-0.1, -0.05) is 32.8 Å². The van der Waals surface area contributed by atoms with Crippen molar-refractivity contribution in [2.24, 2.45) is 0 Å². The summed E-state index contributed by atoms with van der Waals surface area (Å²) in [6.07, 6.45) is 0.0265. The van der Waals surface area contributed by atoms with Gasteiger partial charge in [0.05, 0.1) is 11.0 Å². The average Bonchev–Trinajstić information content (AvgIpc) is 2.67. The minimum Gasteiger partial charge on any atom is -0.364 e. The Morgan fingerprint density at radius 3 is 2.14 bits per heavy atom. The first-order valence-electron chi connectivity index (χ1n) is 8.20. The summed E-state index contributed by atoms with van der Waals surface area (Å²) in [5.74, 6) is -2.24. The summed E-state index contributed by atoms with van der Waals surface area (Å²) in [5.41, 5.74) is -0.653. The smallest absolute Gasteiger partial charge is 0.364 e. The molecule has 29 heavy (non-hydrogen) atoms. The third kappa shape index (κ3) is 9.41. The Bertz CT molecular complexity index is 748. The summed E-state index contributed by atoms with van der Waals surface area (Å²) in [6, 6.07) is 0.318. The zero-order valence-corrected chi connectivity index (χ0v) is 16.4. The van der Waals surface area contributed by atoms with Crippen molar-refractivity contribution in [1.29, 1.82) is 0 Å². The first-order chi connectivity index (χ1) is 13.5. The van der Waals surface area contributed by atoms with Gasteiger partial charge in [0.15, 0.2) is 11.6 Å². The fourth-order valence-corrected chi connectivity index (χ4v) is 1.49. The summed E-state index contributed by atoms with van der Waals surface area (Å²) in [5, 5.41) is 10.2. The molecule has 3 amide bonds. The molecular formula is C17H21F4N3O5. The molecule has 0 aliphatic heterocycles. The number of imide groups is 1. The Morgan fingerprint density at radius 2 is 1.76 bits per heavy atom. The molecule has 0 unspecified atom stereocenters. The van der Waals surface area contributed by atoms with Gasteiger partial charge < -0.3 is 9.74 Å². The van der Waals surface area contributed by atoms with Gasteiger partial charge in [-0.2, -0.15) is 13.2 Å². The van der Waals surface area contributed by atoms with Crippen LogP contribution in [0.5, 0.6) is 5.75 Å². The third-order valence-electron chi connectivity index (χ3n) is 2.54. The van der Waals surface area contributed by atoms with E-state index in [2.05, 4.69) is 4.84 Å². The molecule has 1 rings (SSSR count). The maximum atomic E-state index is 13.7. The predicted molar refractivity (Wildman–Crippen MR) is 96.1 cm³/mol. The molecule has 0 radical (unpaired) electrons. The summed E-state index contributed by atoms with van der Waals surface area (Å²) < 4.78 is 50.7. The fraction of sp³-hybridized carbons (Fsp3) is 0.412. The standard InChI is InChI=1S/C13H9F4N3O5.2C2H6/c1-3-11(21)19(12(22)18(2)7-13(15,16)17)25-10-5-4-8(20(23)24)6-9(10)14;2*1-2/h1,4-6H,7H2,2H3;2*1-2H3. The highest BCUT2D eigenvalue weighted by Gasteiger charge is 2.35. The van der Waals surface area contributed by atoms with Crippen molar-refractivity contribution in [1.82, 2.24) is 9.96 Å². The number of halogens is 4. The van der Waals surface area contributed by atoms with Crippen LogP contribution in [0.3, 0.4) is 0 Å². The van der Waals surface area contributed by atoms with E-state index in [4.69, 9.17) is 6.42 Å². The maximum absolute atomic E-state index is 13.7. The SMILES string of the molecule is C#CC(=O)N(Oc1ccc([N+](=O)[O-])cc1F)C(=O)N(C)CC(F)(F)F.CC.CC. The highest BCUT2D eigenvalue weighted by atomic mass is 19.4. The molecule has 1 aromatic carbocycles. The second-order valence-corrected chi connectivity index (χ2v) is 4.46. The van der Waals surface area contributed by atoms with Gasteiger partial charge >= 0.3 is 18.1 Å². The fourth-order valence-electron chi connectivity index (χ4n) is 1.49. The maximum Gasteiger partial charge on any atom is 0.406 e. The van der Waals surface area contributed by atoms with Gasteiger partial charge in [0.25, 0.3) is 5.69 Å².